The topological polar surface area (TPSA) is 78.9 Å². The van der Waals surface area contributed by atoms with Gasteiger partial charge >= 0.3 is 17.9 Å². The molecule has 68 heavy (non-hydrogen) atoms. The van der Waals surface area contributed by atoms with Crippen LogP contribution in [-0.2, 0) is 28.6 Å². The van der Waals surface area contributed by atoms with Crippen molar-refractivity contribution in [3.63, 3.8) is 0 Å². The van der Waals surface area contributed by atoms with E-state index in [1.807, 2.05) is 0 Å². The first-order chi connectivity index (χ1) is 33.5. The minimum atomic E-state index is -0.786. The zero-order chi connectivity index (χ0) is 49.3. The molecule has 1 atom stereocenters. The van der Waals surface area contributed by atoms with Gasteiger partial charge in [0.2, 0.25) is 0 Å². The molecule has 0 unspecified atom stereocenters. The van der Waals surface area contributed by atoms with Crippen LogP contribution in [0.15, 0.2) is 60.8 Å². The Morgan fingerprint density at radius 3 is 0.853 bits per heavy atom. The van der Waals surface area contributed by atoms with Crippen LogP contribution < -0.4 is 0 Å². The van der Waals surface area contributed by atoms with Crippen molar-refractivity contribution in [1.82, 2.24) is 0 Å². The molecule has 0 amide bonds. The number of ether oxygens (including phenoxy) is 3. The van der Waals surface area contributed by atoms with E-state index in [1.165, 1.54) is 161 Å². The summed E-state index contributed by atoms with van der Waals surface area (Å²) in [5.74, 6) is -0.899. The molecule has 0 saturated carbocycles. The Kier molecular flexibility index (Phi) is 54.3. The van der Waals surface area contributed by atoms with Gasteiger partial charge in [-0.05, 0) is 89.9 Å². The molecule has 0 spiro atoms. The minimum Gasteiger partial charge on any atom is -0.462 e. The first-order valence-corrected chi connectivity index (χ1v) is 29.3. The SMILES string of the molecule is CCCCC/C=C\C/C=C\C/C=C\CCCCCCC(=O)OC[C@@H](COC(=O)CCCCCCCCCCCCCCCCCC)OC(=O)CCCCCCCCC/C=C\C/C=C\CCCCC. The maximum absolute atomic E-state index is 12.9. The maximum atomic E-state index is 12.9. The molecule has 6 heteroatoms. The first-order valence-electron chi connectivity index (χ1n) is 29.3. The Bertz CT molecular complexity index is 1230. The quantitative estimate of drug-likeness (QED) is 0.0262. The molecule has 0 aliphatic heterocycles. The summed E-state index contributed by atoms with van der Waals surface area (Å²) in [7, 11) is 0. The van der Waals surface area contributed by atoms with Crippen LogP contribution in [0.3, 0.4) is 0 Å². The predicted octanol–water partition coefficient (Wildman–Crippen LogP) is 19.6. The highest BCUT2D eigenvalue weighted by Crippen LogP contribution is 2.16. The van der Waals surface area contributed by atoms with E-state index in [4.69, 9.17) is 14.2 Å². The van der Waals surface area contributed by atoms with E-state index in [0.717, 1.165) is 96.3 Å². The molecule has 0 rings (SSSR count). The van der Waals surface area contributed by atoms with Crippen molar-refractivity contribution in [2.75, 3.05) is 13.2 Å². The second-order valence-corrected chi connectivity index (χ2v) is 19.6. The number of carbonyl (C=O) groups is 3. The summed E-state index contributed by atoms with van der Waals surface area (Å²) in [4.78, 5) is 38.2. The molecule has 0 heterocycles. The summed E-state index contributed by atoms with van der Waals surface area (Å²) >= 11 is 0. The number of hydrogen-bond donors (Lipinski definition) is 0. The van der Waals surface area contributed by atoms with Crippen molar-refractivity contribution in [3.05, 3.63) is 60.8 Å². The second kappa shape index (κ2) is 56.7. The van der Waals surface area contributed by atoms with Gasteiger partial charge in [-0.15, -0.1) is 0 Å². The molecular weight excluding hydrogens is 841 g/mol. The van der Waals surface area contributed by atoms with Gasteiger partial charge in [0.05, 0.1) is 0 Å². The predicted molar refractivity (Wildman–Crippen MR) is 293 cm³/mol. The number of rotatable bonds is 53. The molecule has 0 radical (unpaired) electrons. The summed E-state index contributed by atoms with van der Waals surface area (Å²) in [5.41, 5.74) is 0. The van der Waals surface area contributed by atoms with Crippen LogP contribution >= 0.6 is 0 Å². The van der Waals surface area contributed by atoms with E-state index >= 15 is 0 Å². The molecular formula is C62H110O6. The van der Waals surface area contributed by atoms with Gasteiger partial charge in [0.1, 0.15) is 13.2 Å². The Labute approximate surface area is 421 Å². The zero-order valence-corrected chi connectivity index (χ0v) is 45.1. The molecule has 0 aromatic carbocycles. The van der Waals surface area contributed by atoms with Crippen LogP contribution in [0.4, 0.5) is 0 Å². The first kappa shape index (κ1) is 65.1. The van der Waals surface area contributed by atoms with Gasteiger partial charge < -0.3 is 14.2 Å². The number of esters is 3. The third-order valence-corrected chi connectivity index (χ3v) is 12.7. The smallest absolute Gasteiger partial charge is 0.306 e. The Hall–Kier alpha value is -2.89. The monoisotopic (exact) mass is 951 g/mol. The van der Waals surface area contributed by atoms with Gasteiger partial charge in [-0.2, -0.15) is 0 Å². The summed E-state index contributed by atoms with van der Waals surface area (Å²) in [6.45, 7) is 6.59. The Balaban J connectivity index is 4.41. The summed E-state index contributed by atoms with van der Waals surface area (Å²) in [6, 6.07) is 0. The zero-order valence-electron chi connectivity index (χ0n) is 45.1. The van der Waals surface area contributed by atoms with Gasteiger partial charge in [-0.25, -0.2) is 0 Å². The number of hydrogen-bond acceptors (Lipinski definition) is 6. The van der Waals surface area contributed by atoms with E-state index in [0.29, 0.717) is 19.3 Å². The standard InChI is InChI=1S/C62H110O6/c1-4-7-10-13-16-19-22-25-28-31-34-37-40-43-46-49-52-55-61(64)67-58-59(57-66-60(63)54-51-48-45-42-39-36-33-30-27-24-21-18-15-12-9-6-3)68-62(65)56-53-50-47-44-41-38-35-32-29-26-23-20-17-14-11-8-5-2/h16-17,19-20,25-26,28-29,34,37,59H,4-15,18,21-24,27,30-33,35-36,38-58H2,1-3H3/b19-16-,20-17-,28-25-,29-26-,37-34-/t59-/m1/s1. The lowest BCUT2D eigenvalue weighted by Crippen LogP contribution is -2.30. The van der Waals surface area contributed by atoms with E-state index in [1.54, 1.807) is 0 Å². The van der Waals surface area contributed by atoms with Gasteiger partial charge in [0, 0.05) is 19.3 Å². The molecule has 0 aromatic rings. The third-order valence-electron chi connectivity index (χ3n) is 12.7. The van der Waals surface area contributed by atoms with Crippen LogP contribution in [0, 0.1) is 0 Å². The van der Waals surface area contributed by atoms with E-state index in [9.17, 15) is 14.4 Å². The van der Waals surface area contributed by atoms with Gasteiger partial charge in [-0.1, -0.05) is 248 Å². The van der Waals surface area contributed by atoms with Crippen molar-refractivity contribution in [2.45, 2.75) is 303 Å². The summed E-state index contributed by atoms with van der Waals surface area (Å²) < 4.78 is 16.9. The Morgan fingerprint density at radius 1 is 0.294 bits per heavy atom. The molecule has 394 valence electrons. The van der Waals surface area contributed by atoms with Gasteiger partial charge in [0.15, 0.2) is 6.10 Å². The fourth-order valence-corrected chi connectivity index (χ4v) is 8.30. The Morgan fingerprint density at radius 2 is 0.529 bits per heavy atom. The highest BCUT2D eigenvalue weighted by Gasteiger charge is 2.19. The third kappa shape index (κ3) is 54.1. The average Bonchev–Trinajstić information content (AvgIpc) is 3.34. The van der Waals surface area contributed by atoms with Crippen molar-refractivity contribution >= 4 is 17.9 Å². The maximum Gasteiger partial charge on any atom is 0.306 e. The van der Waals surface area contributed by atoms with E-state index in [-0.39, 0.29) is 31.1 Å². The fraction of sp³-hybridized carbons (Fsp3) is 0.790. The van der Waals surface area contributed by atoms with Crippen LogP contribution in [0.25, 0.3) is 0 Å². The van der Waals surface area contributed by atoms with Gasteiger partial charge in [-0.3, -0.25) is 14.4 Å². The summed E-state index contributed by atoms with van der Waals surface area (Å²) in [5, 5.41) is 0. The van der Waals surface area contributed by atoms with Crippen molar-refractivity contribution in [3.8, 4) is 0 Å². The molecule has 0 fully saturated rings. The highest BCUT2D eigenvalue weighted by molar-refractivity contribution is 5.71. The normalized spacial score (nSPS) is 12.5. The lowest BCUT2D eigenvalue weighted by Gasteiger charge is -2.18. The van der Waals surface area contributed by atoms with Crippen LogP contribution in [-0.4, -0.2) is 37.2 Å². The van der Waals surface area contributed by atoms with E-state index < -0.39 is 6.10 Å². The average molecular weight is 952 g/mol. The molecule has 0 bridgehead atoms. The molecule has 6 nitrogen and oxygen atoms in total. The summed E-state index contributed by atoms with van der Waals surface area (Å²) in [6.07, 6.45) is 70.6. The molecule has 0 aliphatic rings. The number of unbranched alkanes of at least 4 members (excludes halogenated alkanes) is 32. The molecule has 0 saturated heterocycles. The number of carbonyl (C=O) groups excluding carboxylic acids is 3. The molecule has 0 aliphatic carbocycles. The van der Waals surface area contributed by atoms with Gasteiger partial charge in [0.25, 0.3) is 0 Å². The minimum absolute atomic E-state index is 0.0822. The molecule has 0 N–H and O–H groups in total. The lowest BCUT2D eigenvalue weighted by atomic mass is 10.0. The molecule has 0 aromatic heterocycles. The van der Waals surface area contributed by atoms with E-state index in [2.05, 4.69) is 81.5 Å². The second-order valence-electron chi connectivity index (χ2n) is 19.6. The van der Waals surface area contributed by atoms with Crippen molar-refractivity contribution in [1.29, 1.82) is 0 Å². The van der Waals surface area contributed by atoms with Crippen LogP contribution in [0.2, 0.25) is 0 Å². The van der Waals surface area contributed by atoms with Crippen LogP contribution in [0.5, 0.6) is 0 Å². The fourth-order valence-electron chi connectivity index (χ4n) is 8.30. The number of allylic oxidation sites excluding steroid dienone is 10. The van der Waals surface area contributed by atoms with Crippen molar-refractivity contribution < 1.29 is 28.6 Å². The highest BCUT2D eigenvalue weighted by atomic mass is 16.6. The van der Waals surface area contributed by atoms with Crippen molar-refractivity contribution in [2.24, 2.45) is 0 Å². The van der Waals surface area contributed by atoms with Crippen LogP contribution in [0.1, 0.15) is 297 Å². The largest absolute Gasteiger partial charge is 0.462 e. The lowest BCUT2D eigenvalue weighted by molar-refractivity contribution is -0.167.